The summed E-state index contributed by atoms with van der Waals surface area (Å²) in [5.41, 5.74) is 1.99. The molecule has 0 unspecified atom stereocenters. The lowest BCUT2D eigenvalue weighted by Crippen LogP contribution is -2.22. The highest BCUT2D eigenvalue weighted by molar-refractivity contribution is 7.99. The number of fused-ring (bicyclic) bond motifs is 3. The van der Waals surface area contributed by atoms with Gasteiger partial charge in [0.2, 0.25) is 5.78 Å². The smallest absolute Gasteiger partial charge is 0.316 e. The van der Waals surface area contributed by atoms with Gasteiger partial charge >= 0.3 is 5.97 Å². The normalized spacial score (nSPS) is 11.2. The van der Waals surface area contributed by atoms with Gasteiger partial charge in [0, 0.05) is 0 Å². The van der Waals surface area contributed by atoms with Crippen molar-refractivity contribution < 1.29 is 14.3 Å². The zero-order valence-corrected chi connectivity index (χ0v) is 17.6. The molecule has 2 heterocycles. The summed E-state index contributed by atoms with van der Waals surface area (Å²) in [5.74, 6) is 0.644. The highest BCUT2D eigenvalue weighted by Gasteiger charge is 2.20. The number of hydrogen-bond acceptors (Lipinski definition) is 7. The molecule has 2 aromatic heterocycles. The summed E-state index contributed by atoms with van der Waals surface area (Å²) in [6, 6.07) is 12.8. The number of nitrogens with zero attached hydrogens (tertiary/aromatic N) is 4. The number of ether oxygens (including phenoxy) is 2. The number of rotatable bonds is 6. The van der Waals surface area contributed by atoms with Gasteiger partial charge in [0.25, 0.3) is 5.56 Å². The third-order valence-electron chi connectivity index (χ3n) is 4.59. The number of hydrogen-bond donors (Lipinski definition) is 0. The SMILES string of the molecule is CCOC(=O)CSc1nnc2n(-c3cc(C)ccc3OC)c(=O)c3ccccc3n12. The van der Waals surface area contributed by atoms with Crippen LogP contribution in [0.2, 0.25) is 0 Å². The van der Waals surface area contributed by atoms with E-state index in [1.54, 1.807) is 24.5 Å². The van der Waals surface area contributed by atoms with Crippen LogP contribution in [0, 0.1) is 6.92 Å². The fraction of sp³-hybridized carbons (Fsp3) is 0.238. The van der Waals surface area contributed by atoms with Crippen molar-refractivity contribution >= 4 is 34.4 Å². The molecule has 0 aliphatic heterocycles. The van der Waals surface area contributed by atoms with Gasteiger partial charge in [-0.3, -0.25) is 14.0 Å². The molecule has 0 radical (unpaired) electrons. The van der Waals surface area contributed by atoms with E-state index in [-0.39, 0.29) is 17.3 Å². The molecule has 4 aromatic rings. The highest BCUT2D eigenvalue weighted by Crippen LogP contribution is 2.27. The molecule has 0 aliphatic rings. The molecule has 9 heteroatoms. The van der Waals surface area contributed by atoms with E-state index >= 15 is 0 Å². The first-order chi connectivity index (χ1) is 14.5. The molecule has 0 atom stereocenters. The minimum atomic E-state index is -0.336. The molecule has 0 saturated carbocycles. The molecule has 0 aliphatic carbocycles. The number of methoxy groups -OCH3 is 1. The first kappa shape index (κ1) is 20.0. The van der Waals surface area contributed by atoms with Crippen LogP contribution in [0.4, 0.5) is 0 Å². The van der Waals surface area contributed by atoms with Crippen LogP contribution in [-0.2, 0) is 9.53 Å². The number of carbonyl (C=O) groups excluding carboxylic acids is 1. The number of aryl methyl sites for hydroxylation is 1. The lowest BCUT2D eigenvalue weighted by Gasteiger charge is -2.14. The average molecular weight is 424 g/mol. The summed E-state index contributed by atoms with van der Waals surface area (Å²) in [4.78, 5) is 25.3. The maximum absolute atomic E-state index is 13.4. The number of thioether (sulfide) groups is 1. The molecule has 8 nitrogen and oxygen atoms in total. The van der Waals surface area contributed by atoms with Gasteiger partial charge in [-0.1, -0.05) is 30.0 Å². The number of carbonyl (C=O) groups is 1. The van der Waals surface area contributed by atoms with Crippen LogP contribution >= 0.6 is 11.8 Å². The van der Waals surface area contributed by atoms with Crippen molar-refractivity contribution in [3.8, 4) is 11.4 Å². The molecule has 0 N–H and O–H groups in total. The lowest BCUT2D eigenvalue weighted by molar-refractivity contribution is -0.139. The predicted molar refractivity (Wildman–Crippen MR) is 115 cm³/mol. The molecule has 4 rings (SSSR count). The predicted octanol–water partition coefficient (Wildman–Crippen LogP) is 3.01. The van der Waals surface area contributed by atoms with E-state index < -0.39 is 0 Å². The van der Waals surface area contributed by atoms with Gasteiger partial charge in [-0.15, -0.1) is 10.2 Å². The standard InChI is InChI=1S/C21H20N4O4S/c1-4-29-18(26)12-30-21-23-22-20-24(16-11-13(2)9-10-17(16)28-3)19(27)14-7-5-6-8-15(14)25(20)21/h5-11H,4,12H2,1-3H3. The van der Waals surface area contributed by atoms with Crippen LogP contribution in [-0.4, -0.2) is 44.6 Å². The van der Waals surface area contributed by atoms with Crippen LogP contribution in [0.15, 0.2) is 52.4 Å². The quantitative estimate of drug-likeness (QED) is 0.347. The number of esters is 1. The Kier molecular flexibility index (Phi) is 5.45. The van der Waals surface area contributed by atoms with Crippen LogP contribution in [0.1, 0.15) is 12.5 Å². The molecule has 0 fully saturated rings. The van der Waals surface area contributed by atoms with E-state index in [2.05, 4.69) is 10.2 Å². The molecule has 0 amide bonds. The van der Waals surface area contributed by atoms with Crippen LogP contribution < -0.4 is 10.3 Å². The maximum atomic E-state index is 13.4. The first-order valence-electron chi connectivity index (χ1n) is 9.37. The van der Waals surface area contributed by atoms with Crippen LogP contribution in [0.25, 0.3) is 22.4 Å². The van der Waals surface area contributed by atoms with Crippen molar-refractivity contribution in [3.63, 3.8) is 0 Å². The monoisotopic (exact) mass is 424 g/mol. The fourth-order valence-electron chi connectivity index (χ4n) is 3.29. The van der Waals surface area contributed by atoms with Gasteiger partial charge in [-0.05, 0) is 43.7 Å². The summed E-state index contributed by atoms with van der Waals surface area (Å²) < 4.78 is 13.8. The second-order valence-electron chi connectivity index (χ2n) is 6.54. The Labute approximate surface area is 176 Å². The van der Waals surface area contributed by atoms with Crippen molar-refractivity contribution in [2.24, 2.45) is 0 Å². The third kappa shape index (κ3) is 3.41. The van der Waals surface area contributed by atoms with E-state index in [0.29, 0.717) is 39.9 Å². The van der Waals surface area contributed by atoms with Crippen LogP contribution in [0.5, 0.6) is 5.75 Å². The van der Waals surface area contributed by atoms with Gasteiger partial charge in [0.05, 0.1) is 36.1 Å². The zero-order valence-electron chi connectivity index (χ0n) is 16.8. The Balaban J connectivity index is 2.00. The van der Waals surface area contributed by atoms with Crippen molar-refractivity contribution in [1.82, 2.24) is 19.2 Å². The molecule has 2 aromatic carbocycles. The Hall–Kier alpha value is -3.33. The van der Waals surface area contributed by atoms with Gasteiger partial charge in [-0.2, -0.15) is 0 Å². The van der Waals surface area contributed by atoms with Gasteiger partial charge < -0.3 is 9.47 Å². The maximum Gasteiger partial charge on any atom is 0.316 e. The van der Waals surface area contributed by atoms with Crippen molar-refractivity contribution in [2.75, 3.05) is 19.5 Å². The molecular weight excluding hydrogens is 404 g/mol. The Morgan fingerprint density at radius 2 is 1.97 bits per heavy atom. The lowest BCUT2D eigenvalue weighted by atomic mass is 10.2. The minimum Gasteiger partial charge on any atom is -0.495 e. The van der Waals surface area contributed by atoms with E-state index in [1.165, 1.54) is 16.3 Å². The van der Waals surface area contributed by atoms with E-state index in [9.17, 15) is 9.59 Å². The van der Waals surface area contributed by atoms with Gasteiger partial charge in [-0.25, -0.2) is 4.57 Å². The summed E-state index contributed by atoms with van der Waals surface area (Å²) in [6.45, 7) is 4.02. The molecule has 30 heavy (non-hydrogen) atoms. The number of benzene rings is 2. The highest BCUT2D eigenvalue weighted by atomic mass is 32.2. The summed E-state index contributed by atoms with van der Waals surface area (Å²) >= 11 is 1.21. The Morgan fingerprint density at radius 1 is 1.17 bits per heavy atom. The molecule has 0 saturated heterocycles. The minimum absolute atomic E-state index is 0.0931. The van der Waals surface area contributed by atoms with E-state index in [1.807, 2.05) is 43.3 Å². The topological polar surface area (TPSA) is 87.7 Å². The average Bonchev–Trinajstić information content (AvgIpc) is 3.17. The molecular formula is C21H20N4O4S. The number of aromatic nitrogens is 4. The number of para-hydroxylation sites is 1. The summed E-state index contributed by atoms with van der Waals surface area (Å²) in [6.07, 6.45) is 0. The second kappa shape index (κ2) is 8.19. The summed E-state index contributed by atoms with van der Waals surface area (Å²) in [5, 5.41) is 9.53. The van der Waals surface area contributed by atoms with Crippen LogP contribution in [0.3, 0.4) is 0 Å². The van der Waals surface area contributed by atoms with Crippen molar-refractivity contribution in [2.45, 2.75) is 19.0 Å². The summed E-state index contributed by atoms with van der Waals surface area (Å²) in [7, 11) is 1.56. The second-order valence-corrected chi connectivity index (χ2v) is 7.49. The Morgan fingerprint density at radius 3 is 2.73 bits per heavy atom. The first-order valence-corrected chi connectivity index (χ1v) is 10.4. The largest absolute Gasteiger partial charge is 0.495 e. The zero-order chi connectivity index (χ0) is 21.3. The van der Waals surface area contributed by atoms with Crippen molar-refractivity contribution in [3.05, 3.63) is 58.4 Å². The molecule has 0 bridgehead atoms. The van der Waals surface area contributed by atoms with Gasteiger partial charge in [0.1, 0.15) is 5.75 Å². The Bertz CT molecular complexity index is 1310. The van der Waals surface area contributed by atoms with E-state index in [4.69, 9.17) is 9.47 Å². The fourth-order valence-corrected chi connectivity index (χ4v) is 4.03. The van der Waals surface area contributed by atoms with Gasteiger partial charge in [0.15, 0.2) is 5.16 Å². The van der Waals surface area contributed by atoms with Crippen molar-refractivity contribution in [1.29, 1.82) is 0 Å². The molecule has 0 spiro atoms. The third-order valence-corrected chi connectivity index (χ3v) is 5.50. The van der Waals surface area contributed by atoms with E-state index in [0.717, 1.165) is 5.56 Å². The molecule has 154 valence electrons.